The van der Waals surface area contributed by atoms with Crippen LogP contribution in [0.1, 0.15) is 90.4 Å². The smallest absolute Gasteiger partial charge is 0.162 e. The maximum Gasteiger partial charge on any atom is 0.162 e. The van der Waals surface area contributed by atoms with Gasteiger partial charge in [-0.3, -0.25) is 4.79 Å². The van der Waals surface area contributed by atoms with Crippen LogP contribution < -0.4 is 0 Å². The summed E-state index contributed by atoms with van der Waals surface area (Å²) in [5.74, 6) is 1.04. The molecule has 0 saturated heterocycles. The van der Waals surface area contributed by atoms with Gasteiger partial charge in [-0.1, -0.05) is 63.3 Å². The predicted molar refractivity (Wildman–Crippen MR) is 121 cm³/mol. The van der Waals surface area contributed by atoms with Gasteiger partial charge < -0.3 is 0 Å². The van der Waals surface area contributed by atoms with Gasteiger partial charge in [-0.15, -0.1) is 0 Å². The minimum atomic E-state index is 0.283. The van der Waals surface area contributed by atoms with Gasteiger partial charge in [0.2, 0.25) is 0 Å². The molecular weight excluding hydrogens is 370 g/mol. The van der Waals surface area contributed by atoms with Crippen molar-refractivity contribution in [3.8, 4) is 0 Å². The minimum Gasteiger partial charge on any atom is -0.294 e. The molecule has 0 radical (unpaired) electrons. The van der Waals surface area contributed by atoms with E-state index in [1.165, 1.54) is 43.2 Å². The Hall–Kier alpha value is -2.49. The summed E-state index contributed by atoms with van der Waals surface area (Å²) in [6, 6.07) is 10.3. The van der Waals surface area contributed by atoms with Crippen LogP contribution in [0.5, 0.6) is 0 Å². The van der Waals surface area contributed by atoms with Crippen molar-refractivity contribution in [2.24, 2.45) is 5.92 Å². The van der Waals surface area contributed by atoms with Crippen LogP contribution in [-0.4, -0.2) is 20.4 Å². The molecule has 2 aromatic heterocycles. The van der Waals surface area contributed by atoms with E-state index in [0.717, 1.165) is 53.5 Å². The quantitative estimate of drug-likeness (QED) is 0.452. The molecule has 0 N–H and O–H groups in total. The first-order valence-corrected chi connectivity index (χ1v) is 11.5. The maximum absolute atomic E-state index is 12.6. The molecule has 1 aliphatic rings. The Bertz CT molecular complexity index is 1030. The third-order valence-corrected chi connectivity index (χ3v) is 6.57. The molecule has 1 saturated carbocycles. The minimum absolute atomic E-state index is 0.283. The van der Waals surface area contributed by atoms with Crippen LogP contribution in [0.15, 0.2) is 30.3 Å². The van der Waals surface area contributed by atoms with Crippen molar-refractivity contribution in [2.75, 3.05) is 0 Å². The Kier molecular flexibility index (Phi) is 6.31. The molecule has 4 nitrogen and oxygen atoms in total. The number of fused-ring (bicyclic) bond motifs is 1. The largest absolute Gasteiger partial charge is 0.294 e. The number of ketones is 1. The first kappa shape index (κ1) is 20.8. The zero-order valence-corrected chi connectivity index (χ0v) is 18.6. The van der Waals surface area contributed by atoms with Crippen molar-refractivity contribution in [3.63, 3.8) is 0 Å². The maximum atomic E-state index is 12.6. The highest BCUT2D eigenvalue weighted by Crippen LogP contribution is 2.28. The Labute approximate surface area is 179 Å². The number of carbonyl (C=O) groups excluding carboxylic acids is 1. The number of hydrogen-bond acceptors (Lipinski definition) is 3. The van der Waals surface area contributed by atoms with Gasteiger partial charge in [0.1, 0.15) is 0 Å². The number of Topliss-reactive ketones (excluding diaryl/α,β-unsaturated/α-hetero) is 1. The van der Waals surface area contributed by atoms with Crippen LogP contribution in [0.25, 0.3) is 5.65 Å². The number of nitrogens with zero attached hydrogens (tertiary/aromatic N) is 3. The summed E-state index contributed by atoms with van der Waals surface area (Å²) in [7, 11) is 0. The number of benzene rings is 1. The highest BCUT2D eigenvalue weighted by molar-refractivity contribution is 5.96. The van der Waals surface area contributed by atoms with E-state index in [-0.39, 0.29) is 5.78 Å². The summed E-state index contributed by atoms with van der Waals surface area (Å²) in [5.41, 5.74) is 7.42. The third-order valence-electron chi connectivity index (χ3n) is 6.57. The van der Waals surface area contributed by atoms with Gasteiger partial charge in [-0.2, -0.15) is 5.10 Å². The lowest BCUT2D eigenvalue weighted by Crippen LogP contribution is -2.09. The monoisotopic (exact) mass is 403 g/mol. The second kappa shape index (κ2) is 9.11. The van der Waals surface area contributed by atoms with Crippen molar-refractivity contribution in [3.05, 3.63) is 64.1 Å². The van der Waals surface area contributed by atoms with Crippen LogP contribution in [0.4, 0.5) is 0 Å². The molecular formula is C26H33N3O. The number of aromatic nitrogens is 3. The molecule has 0 unspecified atom stereocenters. The molecule has 0 amide bonds. The van der Waals surface area contributed by atoms with Crippen molar-refractivity contribution in [1.29, 1.82) is 0 Å². The second-order valence-electron chi connectivity index (χ2n) is 8.89. The van der Waals surface area contributed by atoms with Crippen LogP contribution in [-0.2, 0) is 12.8 Å². The fourth-order valence-electron chi connectivity index (χ4n) is 4.84. The second-order valence-corrected chi connectivity index (χ2v) is 8.89. The van der Waals surface area contributed by atoms with Crippen LogP contribution in [0, 0.1) is 19.8 Å². The Morgan fingerprint density at radius 3 is 2.53 bits per heavy atom. The molecule has 1 aromatic carbocycles. The van der Waals surface area contributed by atoms with E-state index in [2.05, 4.69) is 32.0 Å². The van der Waals surface area contributed by atoms with Crippen molar-refractivity contribution >= 4 is 11.4 Å². The summed E-state index contributed by atoms with van der Waals surface area (Å²) in [6.45, 7) is 6.25. The molecule has 30 heavy (non-hydrogen) atoms. The molecule has 0 spiro atoms. The number of rotatable bonds is 7. The Morgan fingerprint density at radius 1 is 1.10 bits per heavy atom. The van der Waals surface area contributed by atoms with Crippen molar-refractivity contribution in [1.82, 2.24) is 14.6 Å². The van der Waals surface area contributed by atoms with E-state index >= 15 is 0 Å². The van der Waals surface area contributed by atoms with Crippen molar-refractivity contribution in [2.45, 2.75) is 78.6 Å². The number of aryl methyl sites for hydroxylation is 3. The van der Waals surface area contributed by atoms with E-state index in [0.29, 0.717) is 6.42 Å². The molecule has 1 fully saturated rings. The lowest BCUT2D eigenvalue weighted by Gasteiger charge is -2.20. The summed E-state index contributed by atoms with van der Waals surface area (Å²) in [6.07, 6.45) is 10.1. The van der Waals surface area contributed by atoms with E-state index in [1.54, 1.807) is 0 Å². The summed E-state index contributed by atoms with van der Waals surface area (Å²) < 4.78 is 1.96. The first-order valence-electron chi connectivity index (χ1n) is 11.5. The van der Waals surface area contributed by atoms with E-state index < -0.39 is 0 Å². The molecule has 2 heterocycles. The van der Waals surface area contributed by atoms with Crippen molar-refractivity contribution < 1.29 is 4.79 Å². The fraction of sp³-hybridized carbons (Fsp3) is 0.500. The van der Waals surface area contributed by atoms with Gasteiger partial charge >= 0.3 is 0 Å². The SMILES string of the molecule is CCc1nn2c(C)cc(C)nc2c1Cc1ccc(C(=O)CCC2CCCCC2)cc1. The zero-order valence-electron chi connectivity index (χ0n) is 18.6. The van der Waals surface area contributed by atoms with E-state index in [1.807, 2.05) is 23.6 Å². The molecule has 1 aliphatic carbocycles. The number of hydrogen-bond donors (Lipinski definition) is 0. The van der Waals surface area contributed by atoms with Gasteiger partial charge in [-0.05, 0) is 44.2 Å². The number of carbonyl (C=O) groups is 1. The zero-order chi connectivity index (χ0) is 21.1. The van der Waals surface area contributed by atoms with Gasteiger partial charge in [-0.25, -0.2) is 9.50 Å². The van der Waals surface area contributed by atoms with Crippen LogP contribution in [0.2, 0.25) is 0 Å². The molecule has 0 aliphatic heterocycles. The molecule has 0 atom stereocenters. The Balaban J connectivity index is 1.48. The highest BCUT2D eigenvalue weighted by atomic mass is 16.1. The highest BCUT2D eigenvalue weighted by Gasteiger charge is 2.17. The summed E-state index contributed by atoms with van der Waals surface area (Å²) in [4.78, 5) is 17.4. The average molecular weight is 404 g/mol. The molecule has 158 valence electrons. The van der Waals surface area contributed by atoms with Gasteiger partial charge in [0.15, 0.2) is 11.4 Å². The normalized spacial score (nSPS) is 15.0. The standard InChI is InChI=1S/C26H33N3O/c1-4-24-23(26-27-18(2)16-19(3)29(26)28-24)17-21-10-13-22(14-11-21)25(30)15-12-20-8-6-5-7-9-20/h10-11,13-14,16,20H,4-9,12,15,17H2,1-3H3. The lowest BCUT2D eigenvalue weighted by atomic mass is 9.85. The van der Waals surface area contributed by atoms with Crippen LogP contribution >= 0.6 is 0 Å². The van der Waals surface area contributed by atoms with Gasteiger partial charge in [0, 0.05) is 35.4 Å². The fourth-order valence-corrected chi connectivity index (χ4v) is 4.84. The summed E-state index contributed by atoms with van der Waals surface area (Å²) in [5, 5.41) is 4.78. The topological polar surface area (TPSA) is 47.3 Å². The predicted octanol–water partition coefficient (Wildman–Crippen LogP) is 6.04. The molecule has 3 aromatic rings. The molecule has 0 bridgehead atoms. The third kappa shape index (κ3) is 4.48. The van der Waals surface area contributed by atoms with Crippen LogP contribution in [0.3, 0.4) is 0 Å². The van der Waals surface area contributed by atoms with E-state index in [9.17, 15) is 4.79 Å². The average Bonchev–Trinajstić information content (AvgIpc) is 3.11. The van der Waals surface area contributed by atoms with E-state index in [4.69, 9.17) is 10.1 Å². The molecule has 4 rings (SSSR count). The van der Waals surface area contributed by atoms with Gasteiger partial charge in [0.25, 0.3) is 0 Å². The molecule has 4 heteroatoms. The van der Waals surface area contributed by atoms with Gasteiger partial charge in [0.05, 0.1) is 5.69 Å². The lowest BCUT2D eigenvalue weighted by molar-refractivity contribution is 0.0970. The Morgan fingerprint density at radius 2 is 1.83 bits per heavy atom. The first-order chi connectivity index (χ1) is 14.5. The summed E-state index contributed by atoms with van der Waals surface area (Å²) >= 11 is 0.